The highest BCUT2D eigenvalue weighted by Crippen LogP contribution is 2.18. The molecule has 0 saturated carbocycles. The van der Waals surface area contributed by atoms with Crippen LogP contribution < -0.4 is 15.4 Å². The first-order valence-electron chi connectivity index (χ1n) is 7.10. The van der Waals surface area contributed by atoms with Crippen molar-refractivity contribution in [3.63, 3.8) is 0 Å². The Labute approximate surface area is 120 Å². The number of ether oxygens (including phenoxy) is 1. The second-order valence-corrected chi connectivity index (χ2v) is 5.09. The molecule has 20 heavy (non-hydrogen) atoms. The molecule has 0 aliphatic carbocycles. The number of hydrogen-bond donors (Lipinski definition) is 2. The third-order valence-electron chi connectivity index (χ3n) is 3.37. The molecule has 110 valence electrons. The lowest BCUT2D eigenvalue weighted by Crippen LogP contribution is -2.50. The fourth-order valence-electron chi connectivity index (χ4n) is 2.26. The van der Waals surface area contributed by atoms with Crippen molar-refractivity contribution in [1.29, 1.82) is 0 Å². The Balaban J connectivity index is 1.69. The summed E-state index contributed by atoms with van der Waals surface area (Å²) in [6, 6.07) is 6.09. The number of hydrogen-bond acceptors (Lipinski definition) is 3. The zero-order chi connectivity index (χ0) is 14.4. The number of carbonyl (C=O) groups is 1. The Kier molecular flexibility index (Phi) is 5.24. The third-order valence-corrected chi connectivity index (χ3v) is 3.37. The summed E-state index contributed by atoms with van der Waals surface area (Å²) in [5.41, 5.74) is 2.35. The van der Waals surface area contributed by atoms with Gasteiger partial charge in [-0.1, -0.05) is 17.7 Å². The quantitative estimate of drug-likeness (QED) is 0.816. The highest BCUT2D eigenvalue weighted by Gasteiger charge is 2.15. The van der Waals surface area contributed by atoms with E-state index in [4.69, 9.17) is 4.74 Å². The molecule has 0 radical (unpaired) electrons. The fourth-order valence-corrected chi connectivity index (χ4v) is 2.26. The average Bonchev–Trinajstić information content (AvgIpc) is 2.46. The van der Waals surface area contributed by atoms with E-state index in [1.165, 1.54) is 5.56 Å². The van der Waals surface area contributed by atoms with Gasteiger partial charge in [-0.2, -0.15) is 0 Å². The molecular formula is C15H23N3O2. The van der Waals surface area contributed by atoms with Crippen molar-refractivity contribution < 1.29 is 9.53 Å². The molecule has 0 bridgehead atoms. The van der Waals surface area contributed by atoms with Crippen LogP contribution >= 0.6 is 0 Å². The van der Waals surface area contributed by atoms with E-state index in [9.17, 15) is 4.79 Å². The van der Waals surface area contributed by atoms with Crippen molar-refractivity contribution in [3.05, 3.63) is 29.3 Å². The maximum absolute atomic E-state index is 11.9. The van der Waals surface area contributed by atoms with Crippen molar-refractivity contribution in [2.45, 2.75) is 13.8 Å². The standard InChI is InChI=1S/C15H23N3O2/c1-12-3-4-14(13(2)11-12)20-10-7-17-15(19)18-8-5-16-6-9-18/h3-4,11,16H,5-10H2,1-2H3,(H,17,19). The number of nitrogens with zero attached hydrogens (tertiary/aromatic N) is 1. The van der Waals surface area contributed by atoms with Crippen LogP contribution in [0.1, 0.15) is 11.1 Å². The van der Waals surface area contributed by atoms with E-state index >= 15 is 0 Å². The summed E-state index contributed by atoms with van der Waals surface area (Å²) < 4.78 is 5.68. The van der Waals surface area contributed by atoms with Crippen LogP contribution in [-0.2, 0) is 0 Å². The monoisotopic (exact) mass is 277 g/mol. The van der Waals surface area contributed by atoms with Crippen LogP contribution in [0, 0.1) is 13.8 Å². The minimum Gasteiger partial charge on any atom is -0.491 e. The molecule has 2 amide bonds. The Morgan fingerprint density at radius 3 is 2.80 bits per heavy atom. The van der Waals surface area contributed by atoms with Gasteiger partial charge in [-0.05, 0) is 25.5 Å². The minimum atomic E-state index is -0.00396. The maximum atomic E-state index is 11.9. The van der Waals surface area contributed by atoms with Gasteiger partial charge in [0.25, 0.3) is 0 Å². The number of piperazine rings is 1. The number of aryl methyl sites for hydroxylation is 2. The number of amides is 2. The van der Waals surface area contributed by atoms with Gasteiger partial charge in [-0.3, -0.25) is 0 Å². The van der Waals surface area contributed by atoms with Crippen LogP contribution in [0.4, 0.5) is 4.79 Å². The van der Waals surface area contributed by atoms with E-state index in [2.05, 4.69) is 23.6 Å². The molecule has 1 aliphatic rings. The van der Waals surface area contributed by atoms with Gasteiger partial charge in [-0.25, -0.2) is 4.79 Å². The summed E-state index contributed by atoms with van der Waals surface area (Å²) in [4.78, 5) is 13.7. The first-order valence-corrected chi connectivity index (χ1v) is 7.10. The number of carbonyl (C=O) groups excluding carboxylic acids is 1. The lowest BCUT2D eigenvalue weighted by atomic mass is 10.1. The van der Waals surface area contributed by atoms with E-state index in [-0.39, 0.29) is 6.03 Å². The van der Waals surface area contributed by atoms with Crippen molar-refractivity contribution in [2.75, 3.05) is 39.3 Å². The second kappa shape index (κ2) is 7.14. The largest absolute Gasteiger partial charge is 0.491 e. The van der Waals surface area contributed by atoms with E-state index < -0.39 is 0 Å². The molecule has 0 aromatic heterocycles. The summed E-state index contributed by atoms with van der Waals surface area (Å²) in [7, 11) is 0. The van der Waals surface area contributed by atoms with Crippen molar-refractivity contribution >= 4 is 6.03 Å². The third kappa shape index (κ3) is 4.13. The van der Waals surface area contributed by atoms with Gasteiger partial charge >= 0.3 is 6.03 Å². The first-order chi connectivity index (χ1) is 9.66. The Hall–Kier alpha value is -1.75. The Bertz CT molecular complexity index is 456. The van der Waals surface area contributed by atoms with Crippen LogP contribution in [0.2, 0.25) is 0 Å². The maximum Gasteiger partial charge on any atom is 0.317 e. The summed E-state index contributed by atoms with van der Waals surface area (Å²) in [6.45, 7) is 8.37. The summed E-state index contributed by atoms with van der Waals surface area (Å²) in [5, 5.41) is 6.11. The molecule has 1 aromatic rings. The van der Waals surface area contributed by atoms with E-state index in [1.807, 2.05) is 24.0 Å². The molecule has 0 unspecified atom stereocenters. The van der Waals surface area contributed by atoms with Gasteiger partial charge in [0.15, 0.2) is 0 Å². The fraction of sp³-hybridized carbons (Fsp3) is 0.533. The van der Waals surface area contributed by atoms with Gasteiger partial charge in [-0.15, -0.1) is 0 Å². The van der Waals surface area contributed by atoms with Crippen LogP contribution in [0.3, 0.4) is 0 Å². The summed E-state index contributed by atoms with van der Waals surface area (Å²) >= 11 is 0. The molecule has 1 heterocycles. The molecule has 5 heteroatoms. The molecule has 5 nitrogen and oxygen atoms in total. The predicted molar refractivity (Wildman–Crippen MR) is 79.3 cm³/mol. The average molecular weight is 277 g/mol. The van der Waals surface area contributed by atoms with Crippen molar-refractivity contribution in [3.8, 4) is 5.75 Å². The summed E-state index contributed by atoms with van der Waals surface area (Å²) in [6.07, 6.45) is 0. The smallest absolute Gasteiger partial charge is 0.317 e. The highest BCUT2D eigenvalue weighted by molar-refractivity contribution is 5.74. The van der Waals surface area contributed by atoms with Gasteiger partial charge in [0, 0.05) is 26.2 Å². The number of rotatable bonds is 4. The molecule has 1 fully saturated rings. The van der Waals surface area contributed by atoms with Gasteiger partial charge in [0.2, 0.25) is 0 Å². The highest BCUT2D eigenvalue weighted by atomic mass is 16.5. The molecule has 2 rings (SSSR count). The molecule has 1 aromatic carbocycles. The van der Waals surface area contributed by atoms with Gasteiger partial charge < -0.3 is 20.3 Å². The summed E-state index contributed by atoms with van der Waals surface area (Å²) in [5.74, 6) is 0.882. The molecule has 1 aliphatic heterocycles. The number of urea groups is 1. The molecule has 2 N–H and O–H groups in total. The Morgan fingerprint density at radius 2 is 2.10 bits per heavy atom. The lowest BCUT2D eigenvalue weighted by Gasteiger charge is -2.27. The van der Waals surface area contributed by atoms with Crippen molar-refractivity contribution in [1.82, 2.24) is 15.5 Å². The SMILES string of the molecule is Cc1ccc(OCCNC(=O)N2CCNCC2)c(C)c1. The zero-order valence-corrected chi connectivity index (χ0v) is 12.2. The van der Waals surface area contributed by atoms with Crippen LogP contribution in [0.25, 0.3) is 0 Å². The van der Waals surface area contributed by atoms with E-state index in [0.29, 0.717) is 13.2 Å². The second-order valence-electron chi connectivity index (χ2n) is 5.09. The minimum absolute atomic E-state index is 0.00396. The van der Waals surface area contributed by atoms with Gasteiger partial charge in [0.05, 0.1) is 6.54 Å². The topological polar surface area (TPSA) is 53.6 Å². The number of nitrogens with one attached hydrogen (secondary N) is 2. The molecule has 1 saturated heterocycles. The Morgan fingerprint density at radius 1 is 1.35 bits per heavy atom. The van der Waals surface area contributed by atoms with Crippen LogP contribution in [0.15, 0.2) is 18.2 Å². The normalized spacial score (nSPS) is 15.0. The van der Waals surface area contributed by atoms with Crippen molar-refractivity contribution in [2.24, 2.45) is 0 Å². The molecule has 0 atom stereocenters. The van der Waals surface area contributed by atoms with E-state index in [1.54, 1.807) is 0 Å². The van der Waals surface area contributed by atoms with E-state index in [0.717, 1.165) is 37.5 Å². The first kappa shape index (κ1) is 14.7. The zero-order valence-electron chi connectivity index (χ0n) is 12.2. The predicted octanol–water partition coefficient (Wildman–Crippen LogP) is 1.30. The molecule has 0 spiro atoms. The van der Waals surface area contributed by atoms with Crippen LogP contribution in [0.5, 0.6) is 5.75 Å². The van der Waals surface area contributed by atoms with Gasteiger partial charge in [0.1, 0.15) is 12.4 Å². The number of benzene rings is 1. The lowest BCUT2D eigenvalue weighted by molar-refractivity contribution is 0.187. The van der Waals surface area contributed by atoms with Crippen LogP contribution in [-0.4, -0.2) is 50.3 Å². The molecular weight excluding hydrogens is 254 g/mol.